The van der Waals surface area contributed by atoms with Crippen molar-refractivity contribution < 1.29 is 22.4 Å². The Kier molecular flexibility index (Phi) is 2.99. The number of nitrogens with zero attached hydrogens (tertiary/aromatic N) is 1. The molecular weight excluding hydrogens is 226 g/mol. The quantitative estimate of drug-likeness (QED) is 0.550. The van der Waals surface area contributed by atoms with Gasteiger partial charge in [-0.1, -0.05) is 0 Å². The van der Waals surface area contributed by atoms with Gasteiger partial charge in [0.1, 0.15) is 5.82 Å². The highest BCUT2D eigenvalue weighted by molar-refractivity contribution is 5.96. The van der Waals surface area contributed by atoms with Crippen LogP contribution < -0.4 is 0 Å². The van der Waals surface area contributed by atoms with Crippen molar-refractivity contribution in [1.82, 2.24) is 0 Å². The maximum atomic E-state index is 13.0. The molecule has 0 radical (unpaired) electrons. The van der Waals surface area contributed by atoms with E-state index in [1.54, 1.807) is 0 Å². The molecule has 0 amide bonds. The smallest absolute Gasteiger partial charge is 0.294 e. The van der Waals surface area contributed by atoms with Gasteiger partial charge in [-0.15, -0.1) is 0 Å². The van der Waals surface area contributed by atoms with Crippen LogP contribution in [-0.2, 0) is 6.18 Å². The molecule has 0 spiro atoms. The predicted octanol–water partition coefficient (Wildman–Crippen LogP) is 2.92. The fourth-order valence-corrected chi connectivity index (χ4v) is 1.17. The van der Waals surface area contributed by atoms with E-state index in [0.29, 0.717) is 12.1 Å². The number of alkyl halides is 3. The lowest BCUT2D eigenvalue weighted by Crippen LogP contribution is -2.11. The molecule has 0 fully saturated rings. The van der Waals surface area contributed by atoms with Gasteiger partial charge >= 0.3 is 6.18 Å². The molecule has 0 heterocycles. The van der Waals surface area contributed by atoms with Gasteiger partial charge in [0.2, 0.25) is 0 Å². The number of hydrogen-bond acceptors (Lipinski definition) is 2. The number of halogens is 4. The first kappa shape index (κ1) is 12.2. The molecule has 0 bridgehead atoms. The molecule has 2 nitrogen and oxygen atoms in total. The number of carbonyl (C=O) groups excluding carboxylic acids is 1. The minimum atomic E-state index is -4.88. The summed E-state index contributed by atoms with van der Waals surface area (Å²) in [6.07, 6.45) is -4.88. The molecule has 0 atom stereocenters. The van der Waals surface area contributed by atoms with E-state index in [2.05, 4.69) is 0 Å². The largest absolute Gasteiger partial charge is 0.419 e. The third-order valence-corrected chi connectivity index (χ3v) is 1.91. The average Bonchev–Trinajstić information content (AvgIpc) is 2.15. The lowest BCUT2D eigenvalue weighted by molar-refractivity contribution is -0.140. The first-order chi connectivity index (χ1) is 7.27. The van der Waals surface area contributed by atoms with Crippen LogP contribution in [0.25, 0.3) is 0 Å². The standard InChI is InChI=1S/C10H5F4NO/c1-5(16)7-3-9(11)8(10(12,13)14)2-6(7)4-15/h2-3H,1H3. The van der Waals surface area contributed by atoms with Crippen molar-refractivity contribution in [2.24, 2.45) is 0 Å². The van der Waals surface area contributed by atoms with E-state index < -0.39 is 28.9 Å². The van der Waals surface area contributed by atoms with Crippen LogP contribution in [0.3, 0.4) is 0 Å². The molecule has 1 aromatic rings. The van der Waals surface area contributed by atoms with Gasteiger partial charge in [-0.3, -0.25) is 4.79 Å². The van der Waals surface area contributed by atoms with Crippen LogP contribution in [0.5, 0.6) is 0 Å². The van der Waals surface area contributed by atoms with Crippen molar-refractivity contribution in [3.05, 3.63) is 34.6 Å². The highest BCUT2D eigenvalue weighted by Gasteiger charge is 2.35. The van der Waals surface area contributed by atoms with Gasteiger partial charge in [0.25, 0.3) is 0 Å². The van der Waals surface area contributed by atoms with Crippen molar-refractivity contribution in [1.29, 1.82) is 5.26 Å². The number of benzene rings is 1. The Labute approximate surface area is 88.1 Å². The van der Waals surface area contributed by atoms with Crippen LogP contribution in [0.2, 0.25) is 0 Å². The van der Waals surface area contributed by atoms with Gasteiger partial charge in [-0.05, 0) is 19.1 Å². The number of Topliss-reactive ketones (excluding diaryl/α,β-unsaturated/α-hetero) is 1. The molecule has 1 aromatic carbocycles. The van der Waals surface area contributed by atoms with Gasteiger partial charge in [-0.2, -0.15) is 18.4 Å². The predicted molar refractivity (Wildman–Crippen MR) is 46.1 cm³/mol. The second kappa shape index (κ2) is 3.93. The summed E-state index contributed by atoms with van der Waals surface area (Å²) in [6, 6.07) is 2.20. The minimum absolute atomic E-state index is 0.339. The van der Waals surface area contributed by atoms with Gasteiger partial charge < -0.3 is 0 Å². The molecule has 1 rings (SSSR count). The van der Waals surface area contributed by atoms with Crippen LogP contribution in [0.1, 0.15) is 28.4 Å². The molecule has 16 heavy (non-hydrogen) atoms. The van der Waals surface area contributed by atoms with Crippen molar-refractivity contribution in [3.63, 3.8) is 0 Å². The van der Waals surface area contributed by atoms with Crippen LogP contribution >= 0.6 is 0 Å². The molecule has 0 aliphatic rings. The molecule has 0 N–H and O–H groups in total. The van der Waals surface area contributed by atoms with E-state index in [0.717, 1.165) is 6.92 Å². The monoisotopic (exact) mass is 231 g/mol. The molecule has 0 aliphatic carbocycles. The zero-order chi connectivity index (χ0) is 12.5. The number of ketones is 1. The summed E-state index contributed by atoms with van der Waals surface area (Å²) < 4.78 is 49.8. The number of rotatable bonds is 1. The molecule has 0 saturated carbocycles. The van der Waals surface area contributed by atoms with E-state index in [4.69, 9.17) is 5.26 Å². The second-order valence-corrected chi connectivity index (χ2v) is 3.04. The van der Waals surface area contributed by atoms with E-state index in [1.165, 1.54) is 6.07 Å². The van der Waals surface area contributed by atoms with Crippen molar-refractivity contribution in [3.8, 4) is 6.07 Å². The summed E-state index contributed by atoms with van der Waals surface area (Å²) in [6.45, 7) is 1.04. The molecule has 0 aliphatic heterocycles. The number of hydrogen-bond donors (Lipinski definition) is 0. The summed E-state index contributed by atoms with van der Waals surface area (Å²) in [5.74, 6) is -2.22. The lowest BCUT2D eigenvalue weighted by atomic mass is 10.0. The maximum absolute atomic E-state index is 13.0. The fourth-order valence-electron chi connectivity index (χ4n) is 1.17. The lowest BCUT2D eigenvalue weighted by Gasteiger charge is -2.09. The highest BCUT2D eigenvalue weighted by atomic mass is 19.4. The first-order valence-electron chi connectivity index (χ1n) is 4.09. The average molecular weight is 231 g/mol. The van der Waals surface area contributed by atoms with E-state index >= 15 is 0 Å². The zero-order valence-corrected chi connectivity index (χ0v) is 8.02. The third kappa shape index (κ3) is 2.19. The van der Waals surface area contributed by atoms with E-state index in [1.807, 2.05) is 0 Å². The minimum Gasteiger partial charge on any atom is -0.294 e. The number of carbonyl (C=O) groups is 1. The highest BCUT2D eigenvalue weighted by Crippen LogP contribution is 2.32. The molecule has 0 saturated heterocycles. The van der Waals surface area contributed by atoms with Crippen LogP contribution in [-0.4, -0.2) is 5.78 Å². The summed E-state index contributed by atoms with van der Waals surface area (Å²) in [7, 11) is 0. The van der Waals surface area contributed by atoms with Gasteiger partial charge in [0.05, 0.1) is 17.2 Å². The van der Waals surface area contributed by atoms with Crippen LogP contribution in [0.15, 0.2) is 12.1 Å². The normalized spacial score (nSPS) is 11.0. The Balaban J connectivity index is 3.51. The summed E-state index contributed by atoms with van der Waals surface area (Å²) in [4.78, 5) is 10.9. The van der Waals surface area contributed by atoms with Crippen LogP contribution in [0, 0.1) is 17.1 Å². The molecule has 0 aromatic heterocycles. The SMILES string of the molecule is CC(=O)c1cc(F)c(C(F)(F)F)cc1C#N. The van der Waals surface area contributed by atoms with Gasteiger partial charge in [-0.25, -0.2) is 4.39 Å². The van der Waals surface area contributed by atoms with E-state index in [9.17, 15) is 22.4 Å². The molecule has 84 valence electrons. The van der Waals surface area contributed by atoms with Gasteiger partial charge in [0.15, 0.2) is 5.78 Å². The summed E-state index contributed by atoms with van der Waals surface area (Å²) >= 11 is 0. The summed E-state index contributed by atoms with van der Waals surface area (Å²) in [5.41, 5.74) is -2.39. The third-order valence-electron chi connectivity index (χ3n) is 1.91. The number of nitriles is 1. The topological polar surface area (TPSA) is 40.9 Å². The van der Waals surface area contributed by atoms with Gasteiger partial charge in [0, 0.05) is 5.56 Å². The van der Waals surface area contributed by atoms with E-state index in [-0.39, 0.29) is 5.56 Å². The first-order valence-corrected chi connectivity index (χ1v) is 4.09. The zero-order valence-electron chi connectivity index (χ0n) is 8.02. The molecule has 6 heteroatoms. The Bertz CT molecular complexity index is 485. The Morgan fingerprint density at radius 3 is 2.31 bits per heavy atom. The maximum Gasteiger partial charge on any atom is 0.419 e. The Morgan fingerprint density at radius 2 is 1.94 bits per heavy atom. The second-order valence-electron chi connectivity index (χ2n) is 3.04. The molecule has 0 unspecified atom stereocenters. The Morgan fingerprint density at radius 1 is 1.38 bits per heavy atom. The van der Waals surface area contributed by atoms with Crippen molar-refractivity contribution in [2.45, 2.75) is 13.1 Å². The summed E-state index contributed by atoms with van der Waals surface area (Å²) in [5, 5.41) is 8.56. The van der Waals surface area contributed by atoms with Crippen molar-refractivity contribution in [2.75, 3.05) is 0 Å². The van der Waals surface area contributed by atoms with Crippen LogP contribution in [0.4, 0.5) is 17.6 Å². The Hall–Kier alpha value is -1.90. The molecular formula is C10H5F4NO. The fraction of sp³-hybridized carbons (Fsp3) is 0.200. The van der Waals surface area contributed by atoms with Crippen molar-refractivity contribution >= 4 is 5.78 Å².